The number of nitrogens with one attached hydrogen (secondary N) is 1. The summed E-state index contributed by atoms with van der Waals surface area (Å²) in [6.07, 6.45) is 2.64. The average molecular weight is 275 g/mol. The molecule has 1 unspecified atom stereocenters. The average Bonchev–Trinajstić information content (AvgIpc) is 2.94. The number of benzene rings is 1. The molecule has 0 radical (unpaired) electrons. The lowest BCUT2D eigenvalue weighted by Crippen LogP contribution is -2.44. The molecule has 0 aromatic heterocycles. The van der Waals surface area contributed by atoms with Crippen LogP contribution in [0, 0.1) is 0 Å². The third-order valence-electron chi connectivity index (χ3n) is 3.79. The Morgan fingerprint density at radius 1 is 1.40 bits per heavy atom. The molecule has 20 heavy (non-hydrogen) atoms. The predicted octanol–water partition coefficient (Wildman–Crippen LogP) is 0.938. The van der Waals surface area contributed by atoms with E-state index in [1.165, 1.54) is 0 Å². The van der Waals surface area contributed by atoms with E-state index < -0.39 is 0 Å². The van der Waals surface area contributed by atoms with E-state index in [4.69, 9.17) is 5.73 Å². The van der Waals surface area contributed by atoms with Crippen molar-refractivity contribution in [2.24, 2.45) is 0 Å². The van der Waals surface area contributed by atoms with Crippen LogP contribution in [-0.4, -0.2) is 36.3 Å². The van der Waals surface area contributed by atoms with E-state index in [9.17, 15) is 9.59 Å². The van der Waals surface area contributed by atoms with Crippen LogP contribution in [0.4, 0.5) is 5.69 Å². The highest BCUT2D eigenvalue weighted by molar-refractivity contribution is 5.88. The van der Waals surface area contributed by atoms with Gasteiger partial charge in [-0.2, -0.15) is 0 Å². The van der Waals surface area contributed by atoms with Crippen molar-refractivity contribution in [2.75, 3.05) is 19.3 Å². The molecular formula is C15H21N3O2. The maximum Gasteiger partial charge on any atom is 0.242 e. The van der Waals surface area contributed by atoms with E-state index in [2.05, 4.69) is 5.32 Å². The molecule has 0 saturated carbocycles. The van der Waals surface area contributed by atoms with Gasteiger partial charge in [-0.25, -0.2) is 0 Å². The molecule has 3 N–H and O–H groups in total. The van der Waals surface area contributed by atoms with Crippen molar-refractivity contribution < 1.29 is 9.59 Å². The van der Waals surface area contributed by atoms with Crippen molar-refractivity contribution >= 4 is 17.5 Å². The highest BCUT2D eigenvalue weighted by atomic mass is 16.2. The molecule has 5 heteroatoms. The van der Waals surface area contributed by atoms with Crippen molar-refractivity contribution in [1.82, 2.24) is 10.2 Å². The number of likely N-dealkylation sites (tertiary alicyclic amines) is 1. The summed E-state index contributed by atoms with van der Waals surface area (Å²) in [6, 6.07) is 7.26. The number of para-hydroxylation sites is 1. The second-order valence-electron chi connectivity index (χ2n) is 5.06. The lowest BCUT2D eigenvalue weighted by Gasteiger charge is -2.23. The molecule has 2 rings (SSSR count). The minimum atomic E-state index is -0.305. The van der Waals surface area contributed by atoms with Crippen molar-refractivity contribution in [2.45, 2.75) is 31.7 Å². The van der Waals surface area contributed by atoms with Gasteiger partial charge in [-0.3, -0.25) is 9.59 Å². The summed E-state index contributed by atoms with van der Waals surface area (Å²) < 4.78 is 0. The summed E-state index contributed by atoms with van der Waals surface area (Å²) in [5, 5.41) is 2.62. The quantitative estimate of drug-likeness (QED) is 0.803. The Bertz CT molecular complexity index is 502. The number of nitrogen functional groups attached to an aromatic ring is 1. The molecule has 1 heterocycles. The summed E-state index contributed by atoms with van der Waals surface area (Å²) in [4.78, 5) is 25.7. The lowest BCUT2D eigenvalue weighted by atomic mass is 10.1. The van der Waals surface area contributed by atoms with Gasteiger partial charge in [0.25, 0.3) is 0 Å². The van der Waals surface area contributed by atoms with E-state index in [1.807, 2.05) is 24.3 Å². The second-order valence-corrected chi connectivity index (χ2v) is 5.06. The van der Waals surface area contributed by atoms with E-state index in [0.29, 0.717) is 25.1 Å². The van der Waals surface area contributed by atoms with Crippen LogP contribution in [0.5, 0.6) is 0 Å². The number of nitrogens with zero attached hydrogens (tertiary/aromatic N) is 1. The number of carbonyl (C=O) groups excluding carboxylic acids is 2. The van der Waals surface area contributed by atoms with Crippen LogP contribution in [-0.2, 0) is 16.0 Å². The van der Waals surface area contributed by atoms with Crippen LogP contribution in [0.2, 0.25) is 0 Å². The van der Waals surface area contributed by atoms with E-state index in [0.717, 1.165) is 18.4 Å². The van der Waals surface area contributed by atoms with Crippen molar-refractivity contribution in [3.05, 3.63) is 29.8 Å². The molecule has 1 aliphatic rings. The van der Waals surface area contributed by atoms with E-state index in [-0.39, 0.29) is 17.9 Å². The highest BCUT2D eigenvalue weighted by Crippen LogP contribution is 2.20. The van der Waals surface area contributed by atoms with Crippen LogP contribution in [0.3, 0.4) is 0 Å². The van der Waals surface area contributed by atoms with Crippen LogP contribution >= 0.6 is 0 Å². The maximum atomic E-state index is 12.3. The monoisotopic (exact) mass is 275 g/mol. The number of nitrogens with two attached hydrogens (primary N) is 1. The summed E-state index contributed by atoms with van der Waals surface area (Å²) >= 11 is 0. The Kier molecular flexibility index (Phi) is 4.61. The van der Waals surface area contributed by atoms with Crippen LogP contribution in [0.1, 0.15) is 24.8 Å². The Hall–Kier alpha value is -2.04. The van der Waals surface area contributed by atoms with Gasteiger partial charge in [0.1, 0.15) is 6.04 Å². The summed E-state index contributed by atoms with van der Waals surface area (Å²) in [6.45, 7) is 0.668. The van der Waals surface area contributed by atoms with Gasteiger partial charge in [0.15, 0.2) is 0 Å². The summed E-state index contributed by atoms with van der Waals surface area (Å²) in [5.41, 5.74) is 7.56. The molecule has 5 nitrogen and oxygen atoms in total. The first-order valence-electron chi connectivity index (χ1n) is 6.98. The maximum absolute atomic E-state index is 12.3. The fourth-order valence-corrected chi connectivity index (χ4v) is 2.65. The first-order chi connectivity index (χ1) is 9.63. The number of hydrogen-bond acceptors (Lipinski definition) is 3. The molecule has 0 spiro atoms. The van der Waals surface area contributed by atoms with Gasteiger partial charge >= 0.3 is 0 Å². The van der Waals surface area contributed by atoms with Crippen molar-refractivity contribution in [3.8, 4) is 0 Å². The van der Waals surface area contributed by atoms with Gasteiger partial charge in [0.05, 0.1) is 0 Å². The van der Waals surface area contributed by atoms with Gasteiger partial charge in [-0.1, -0.05) is 18.2 Å². The fourth-order valence-electron chi connectivity index (χ4n) is 2.65. The van der Waals surface area contributed by atoms with Crippen LogP contribution in [0.25, 0.3) is 0 Å². The number of likely N-dealkylation sites (N-methyl/N-ethyl adjacent to an activating group) is 1. The molecule has 0 aliphatic carbocycles. The third kappa shape index (κ3) is 3.10. The van der Waals surface area contributed by atoms with E-state index in [1.54, 1.807) is 11.9 Å². The molecule has 1 aromatic rings. The van der Waals surface area contributed by atoms with Crippen molar-refractivity contribution in [3.63, 3.8) is 0 Å². The van der Waals surface area contributed by atoms with Gasteiger partial charge in [-0.15, -0.1) is 0 Å². The molecule has 1 aliphatic heterocycles. The smallest absolute Gasteiger partial charge is 0.242 e. The number of rotatable bonds is 4. The van der Waals surface area contributed by atoms with Crippen molar-refractivity contribution in [1.29, 1.82) is 0 Å². The van der Waals surface area contributed by atoms with Gasteiger partial charge in [-0.05, 0) is 30.9 Å². The highest BCUT2D eigenvalue weighted by Gasteiger charge is 2.32. The van der Waals surface area contributed by atoms with Crippen LogP contribution in [0.15, 0.2) is 24.3 Å². The molecule has 2 amide bonds. The zero-order valence-corrected chi connectivity index (χ0v) is 11.8. The SMILES string of the molecule is CNC(=O)C1CCCN1C(=O)CCc1ccccc1N. The molecule has 1 aromatic carbocycles. The Morgan fingerprint density at radius 3 is 2.85 bits per heavy atom. The number of amides is 2. The number of aryl methyl sites for hydroxylation is 1. The Labute approximate surface area is 119 Å². The van der Waals surface area contributed by atoms with Gasteiger partial charge in [0.2, 0.25) is 11.8 Å². The van der Waals surface area contributed by atoms with Crippen LogP contribution < -0.4 is 11.1 Å². The minimum Gasteiger partial charge on any atom is -0.399 e. The normalized spacial score (nSPS) is 18.1. The first kappa shape index (κ1) is 14.4. The molecule has 1 fully saturated rings. The molecule has 1 saturated heterocycles. The second kappa shape index (κ2) is 6.41. The first-order valence-corrected chi connectivity index (χ1v) is 6.98. The number of hydrogen-bond donors (Lipinski definition) is 2. The van der Waals surface area contributed by atoms with Gasteiger partial charge < -0.3 is 16.0 Å². The standard InChI is InChI=1S/C15H21N3O2/c1-17-15(20)13-7-4-10-18(13)14(19)9-8-11-5-2-3-6-12(11)16/h2-3,5-6,13H,4,7-10,16H2,1H3,(H,17,20). The number of anilines is 1. The van der Waals surface area contributed by atoms with Gasteiger partial charge in [0, 0.05) is 25.7 Å². The fraction of sp³-hybridized carbons (Fsp3) is 0.467. The molecule has 108 valence electrons. The molecule has 1 atom stereocenters. The Morgan fingerprint density at radius 2 is 2.15 bits per heavy atom. The predicted molar refractivity (Wildman–Crippen MR) is 78.0 cm³/mol. The summed E-state index contributed by atoms with van der Waals surface area (Å²) in [5.74, 6) is -0.0468. The Balaban J connectivity index is 1.95. The zero-order chi connectivity index (χ0) is 14.5. The largest absolute Gasteiger partial charge is 0.399 e. The zero-order valence-electron chi connectivity index (χ0n) is 11.8. The molecule has 0 bridgehead atoms. The number of carbonyl (C=O) groups is 2. The minimum absolute atomic E-state index is 0.0272. The lowest BCUT2D eigenvalue weighted by molar-refractivity contribution is -0.138. The molecular weight excluding hydrogens is 254 g/mol. The third-order valence-corrected chi connectivity index (χ3v) is 3.79. The topological polar surface area (TPSA) is 75.4 Å². The summed E-state index contributed by atoms with van der Waals surface area (Å²) in [7, 11) is 1.61. The van der Waals surface area contributed by atoms with E-state index >= 15 is 0 Å².